The van der Waals surface area contributed by atoms with E-state index in [2.05, 4.69) is 0 Å². The molecule has 1 fully saturated rings. The van der Waals surface area contributed by atoms with Crippen molar-refractivity contribution in [1.29, 1.82) is 0 Å². The number of halogens is 1. The van der Waals surface area contributed by atoms with Gasteiger partial charge in [-0.25, -0.2) is 0 Å². The first kappa shape index (κ1) is 10.8. The van der Waals surface area contributed by atoms with E-state index in [4.69, 9.17) is 17.3 Å². The summed E-state index contributed by atoms with van der Waals surface area (Å²) in [5.41, 5.74) is 8.09. The molecule has 2 nitrogen and oxygen atoms in total. The van der Waals surface area contributed by atoms with Crippen LogP contribution in [-0.2, 0) is 6.42 Å². The largest absolute Gasteiger partial charge is 0.506 e. The molecule has 0 aromatic heterocycles. The molecule has 0 bridgehead atoms. The first-order valence-electron chi connectivity index (χ1n) is 5.27. The molecule has 1 aromatic carbocycles. The fourth-order valence-electron chi connectivity index (χ4n) is 1.76. The molecule has 0 saturated heterocycles. The highest BCUT2D eigenvalue weighted by molar-refractivity contribution is 6.32. The number of phenols is 1. The summed E-state index contributed by atoms with van der Waals surface area (Å²) < 4.78 is 0. The molecule has 1 aromatic rings. The molecule has 0 aliphatic heterocycles. The topological polar surface area (TPSA) is 46.2 Å². The molecule has 2 rings (SSSR count). The van der Waals surface area contributed by atoms with E-state index in [1.54, 1.807) is 0 Å². The predicted octanol–water partition coefficient (Wildman–Crippen LogP) is 2.78. The molecule has 1 saturated carbocycles. The molecule has 3 heteroatoms. The lowest BCUT2D eigenvalue weighted by Crippen LogP contribution is -2.22. The van der Waals surface area contributed by atoms with Gasteiger partial charge in [-0.3, -0.25) is 0 Å². The minimum absolute atomic E-state index is 0.0816. The summed E-state index contributed by atoms with van der Waals surface area (Å²) in [4.78, 5) is 0. The number of aryl methyl sites for hydroxylation is 2. The van der Waals surface area contributed by atoms with E-state index in [0.717, 1.165) is 36.8 Å². The quantitative estimate of drug-likeness (QED) is 0.831. The third-order valence-corrected chi connectivity index (χ3v) is 3.41. The summed E-state index contributed by atoms with van der Waals surface area (Å²) in [6.07, 6.45) is 4.22. The van der Waals surface area contributed by atoms with E-state index in [9.17, 15) is 5.11 Å². The minimum Gasteiger partial charge on any atom is -0.506 e. The predicted molar refractivity (Wildman–Crippen MR) is 62.3 cm³/mol. The highest BCUT2D eigenvalue weighted by atomic mass is 35.5. The third-order valence-electron chi connectivity index (χ3n) is 3.12. The van der Waals surface area contributed by atoms with Gasteiger partial charge in [0.25, 0.3) is 0 Å². The van der Waals surface area contributed by atoms with Crippen LogP contribution < -0.4 is 5.73 Å². The molecule has 0 atom stereocenters. The van der Waals surface area contributed by atoms with Crippen LogP contribution in [0.4, 0.5) is 0 Å². The summed E-state index contributed by atoms with van der Waals surface area (Å²) in [7, 11) is 0. The lowest BCUT2D eigenvalue weighted by Gasteiger charge is -2.10. The fourth-order valence-corrected chi connectivity index (χ4v) is 2.04. The highest BCUT2D eigenvalue weighted by Gasteiger charge is 2.37. The number of phenolic OH excluding ortho intramolecular Hbond substituents is 1. The molecule has 15 heavy (non-hydrogen) atoms. The second kappa shape index (κ2) is 3.69. The molecule has 1 aliphatic rings. The molecule has 0 heterocycles. The molecule has 3 N–H and O–H groups in total. The van der Waals surface area contributed by atoms with E-state index in [-0.39, 0.29) is 11.3 Å². The Hall–Kier alpha value is -0.730. The summed E-state index contributed by atoms with van der Waals surface area (Å²) in [6, 6.07) is 3.81. The first-order valence-corrected chi connectivity index (χ1v) is 5.65. The number of hydrogen-bond donors (Lipinski definition) is 2. The number of benzene rings is 1. The molecule has 0 unspecified atom stereocenters. The van der Waals surface area contributed by atoms with Crippen molar-refractivity contribution < 1.29 is 5.11 Å². The molecular weight excluding hydrogens is 210 g/mol. The smallest absolute Gasteiger partial charge is 0.137 e. The Kier molecular flexibility index (Phi) is 2.65. The van der Waals surface area contributed by atoms with Crippen LogP contribution in [0.1, 0.15) is 30.4 Å². The van der Waals surface area contributed by atoms with Gasteiger partial charge < -0.3 is 10.8 Å². The number of rotatable bonds is 3. The fraction of sp³-hybridized carbons (Fsp3) is 0.500. The Labute approximate surface area is 95.1 Å². The van der Waals surface area contributed by atoms with Crippen molar-refractivity contribution in [3.63, 3.8) is 0 Å². The molecule has 82 valence electrons. The van der Waals surface area contributed by atoms with Gasteiger partial charge in [-0.1, -0.05) is 17.7 Å². The van der Waals surface area contributed by atoms with Gasteiger partial charge in [0.2, 0.25) is 0 Å². The average Bonchev–Trinajstić information content (AvgIpc) is 2.90. The average molecular weight is 226 g/mol. The van der Waals surface area contributed by atoms with Gasteiger partial charge >= 0.3 is 0 Å². The minimum atomic E-state index is 0.0816. The van der Waals surface area contributed by atoms with Crippen LogP contribution in [0.25, 0.3) is 0 Å². The normalized spacial score (nSPS) is 17.8. The van der Waals surface area contributed by atoms with Crippen LogP contribution in [0, 0.1) is 6.92 Å². The van der Waals surface area contributed by atoms with Crippen molar-refractivity contribution in [2.75, 3.05) is 0 Å². The van der Waals surface area contributed by atoms with Crippen molar-refractivity contribution >= 4 is 11.6 Å². The van der Waals surface area contributed by atoms with Crippen molar-refractivity contribution in [3.05, 3.63) is 28.3 Å². The Morgan fingerprint density at radius 3 is 2.67 bits per heavy atom. The van der Waals surface area contributed by atoms with Crippen LogP contribution in [0.15, 0.2) is 12.1 Å². The van der Waals surface area contributed by atoms with Crippen LogP contribution in [-0.4, -0.2) is 10.6 Å². The van der Waals surface area contributed by atoms with Gasteiger partial charge in [-0.05, 0) is 49.8 Å². The zero-order valence-electron chi connectivity index (χ0n) is 8.89. The lowest BCUT2D eigenvalue weighted by molar-refractivity contribution is 0.471. The SMILES string of the molecule is Cc1cc(CCC2(N)CC2)cc(Cl)c1O. The van der Waals surface area contributed by atoms with E-state index in [1.807, 2.05) is 19.1 Å². The van der Waals surface area contributed by atoms with Gasteiger partial charge in [0.15, 0.2) is 0 Å². The van der Waals surface area contributed by atoms with E-state index in [0.29, 0.717) is 5.02 Å². The first-order chi connectivity index (χ1) is 7.00. The number of nitrogens with two attached hydrogens (primary N) is 1. The highest BCUT2D eigenvalue weighted by Crippen LogP contribution is 2.37. The van der Waals surface area contributed by atoms with Gasteiger partial charge in [-0.15, -0.1) is 0 Å². The maximum absolute atomic E-state index is 9.51. The van der Waals surface area contributed by atoms with E-state index >= 15 is 0 Å². The molecule has 0 radical (unpaired) electrons. The molecule has 0 amide bonds. The Morgan fingerprint density at radius 2 is 2.13 bits per heavy atom. The monoisotopic (exact) mass is 225 g/mol. The van der Waals surface area contributed by atoms with Crippen molar-refractivity contribution in [3.8, 4) is 5.75 Å². The summed E-state index contributed by atoms with van der Waals surface area (Å²) in [5, 5.41) is 9.95. The van der Waals surface area contributed by atoms with E-state index < -0.39 is 0 Å². The number of aromatic hydroxyl groups is 1. The number of hydrogen-bond acceptors (Lipinski definition) is 2. The molecule has 1 aliphatic carbocycles. The van der Waals surface area contributed by atoms with Gasteiger partial charge in [-0.2, -0.15) is 0 Å². The summed E-state index contributed by atoms with van der Waals surface area (Å²) >= 11 is 5.90. The van der Waals surface area contributed by atoms with Gasteiger partial charge in [0.1, 0.15) is 5.75 Å². The summed E-state index contributed by atoms with van der Waals surface area (Å²) in [6.45, 7) is 1.86. The Bertz CT molecular complexity index is 362. The van der Waals surface area contributed by atoms with Crippen LogP contribution in [0.3, 0.4) is 0 Å². The molecular formula is C12H16ClNO. The zero-order chi connectivity index (χ0) is 11.1. The van der Waals surface area contributed by atoms with Gasteiger partial charge in [0.05, 0.1) is 5.02 Å². The standard InChI is InChI=1S/C12H16ClNO/c1-8-6-9(7-10(13)11(8)15)2-3-12(14)4-5-12/h6-7,15H,2-5,14H2,1H3. The van der Waals surface area contributed by atoms with Crippen LogP contribution in [0.2, 0.25) is 5.02 Å². The second-order valence-corrected chi connectivity index (χ2v) is 5.01. The Morgan fingerprint density at radius 1 is 1.47 bits per heavy atom. The van der Waals surface area contributed by atoms with E-state index in [1.165, 1.54) is 0 Å². The van der Waals surface area contributed by atoms with Crippen molar-refractivity contribution in [2.24, 2.45) is 5.73 Å². The third kappa shape index (κ3) is 2.44. The maximum Gasteiger partial charge on any atom is 0.137 e. The van der Waals surface area contributed by atoms with Crippen LogP contribution >= 0.6 is 11.6 Å². The zero-order valence-corrected chi connectivity index (χ0v) is 9.64. The Balaban J connectivity index is 2.08. The summed E-state index contributed by atoms with van der Waals surface area (Å²) in [5.74, 6) is 0.189. The lowest BCUT2D eigenvalue weighted by atomic mass is 10.0. The van der Waals surface area contributed by atoms with Gasteiger partial charge in [0, 0.05) is 5.54 Å². The molecule has 0 spiro atoms. The van der Waals surface area contributed by atoms with Crippen LogP contribution in [0.5, 0.6) is 5.75 Å². The second-order valence-electron chi connectivity index (χ2n) is 4.61. The van der Waals surface area contributed by atoms with Crippen molar-refractivity contribution in [2.45, 2.75) is 38.1 Å². The van der Waals surface area contributed by atoms with Crippen molar-refractivity contribution in [1.82, 2.24) is 0 Å². The maximum atomic E-state index is 9.51.